The number of nitrogens with zero attached hydrogens (tertiary/aromatic N) is 1. The molecule has 2 N–H and O–H groups in total. The fourth-order valence-electron chi connectivity index (χ4n) is 4.53. The standard InChI is InChI=1S/C16H29N3O/c1-3-19(14-8-17-9-14)10-16(20)18-11(2)15-7-12-4-5-13(15)6-12/h11-15,17H,3-10H2,1-2H3,(H,18,20). The van der Waals surface area contributed by atoms with Crippen molar-refractivity contribution < 1.29 is 4.79 Å². The van der Waals surface area contributed by atoms with Gasteiger partial charge in [0.25, 0.3) is 0 Å². The second-order valence-corrected chi connectivity index (χ2v) is 7.07. The van der Waals surface area contributed by atoms with Gasteiger partial charge in [-0.1, -0.05) is 13.3 Å². The van der Waals surface area contributed by atoms with Crippen molar-refractivity contribution in [2.45, 2.75) is 51.6 Å². The number of likely N-dealkylation sites (N-methyl/N-ethyl adjacent to an activating group) is 1. The van der Waals surface area contributed by atoms with Crippen molar-refractivity contribution in [2.75, 3.05) is 26.2 Å². The van der Waals surface area contributed by atoms with Crippen LogP contribution in [0.5, 0.6) is 0 Å². The van der Waals surface area contributed by atoms with Crippen molar-refractivity contribution in [3.63, 3.8) is 0 Å². The molecular weight excluding hydrogens is 250 g/mol. The van der Waals surface area contributed by atoms with Gasteiger partial charge in [-0.25, -0.2) is 0 Å². The van der Waals surface area contributed by atoms with E-state index in [0.29, 0.717) is 18.6 Å². The van der Waals surface area contributed by atoms with Crippen LogP contribution in [0.15, 0.2) is 0 Å². The van der Waals surface area contributed by atoms with Crippen LogP contribution < -0.4 is 10.6 Å². The Kier molecular flexibility index (Phi) is 4.32. The normalized spacial score (nSPS) is 34.2. The molecular formula is C16H29N3O. The highest BCUT2D eigenvalue weighted by atomic mass is 16.2. The Morgan fingerprint density at radius 3 is 2.65 bits per heavy atom. The van der Waals surface area contributed by atoms with Crippen LogP contribution in [0.4, 0.5) is 0 Å². The lowest BCUT2D eigenvalue weighted by molar-refractivity contribution is -0.124. The summed E-state index contributed by atoms with van der Waals surface area (Å²) in [6, 6.07) is 0.916. The van der Waals surface area contributed by atoms with Crippen LogP contribution in [-0.2, 0) is 4.79 Å². The number of carbonyl (C=O) groups is 1. The van der Waals surface area contributed by atoms with Crippen LogP contribution in [0.25, 0.3) is 0 Å². The molecule has 2 saturated carbocycles. The Morgan fingerprint density at radius 1 is 1.35 bits per heavy atom. The van der Waals surface area contributed by atoms with Gasteiger partial charge in [-0.15, -0.1) is 0 Å². The highest BCUT2D eigenvalue weighted by molar-refractivity contribution is 5.78. The predicted molar refractivity (Wildman–Crippen MR) is 80.4 cm³/mol. The van der Waals surface area contributed by atoms with Crippen LogP contribution in [0, 0.1) is 17.8 Å². The number of nitrogens with one attached hydrogen (secondary N) is 2. The minimum absolute atomic E-state index is 0.217. The zero-order valence-electron chi connectivity index (χ0n) is 12.9. The lowest BCUT2D eigenvalue weighted by atomic mass is 9.84. The maximum atomic E-state index is 12.3. The number of fused-ring (bicyclic) bond motifs is 2. The van der Waals surface area contributed by atoms with E-state index in [1.165, 1.54) is 25.7 Å². The van der Waals surface area contributed by atoms with Crippen LogP contribution in [0.1, 0.15) is 39.5 Å². The molecule has 2 bridgehead atoms. The molecule has 4 unspecified atom stereocenters. The van der Waals surface area contributed by atoms with Crippen LogP contribution in [0.2, 0.25) is 0 Å². The van der Waals surface area contributed by atoms with Gasteiger partial charge < -0.3 is 10.6 Å². The average molecular weight is 279 g/mol. The lowest BCUT2D eigenvalue weighted by Crippen LogP contribution is -2.59. The summed E-state index contributed by atoms with van der Waals surface area (Å²) in [7, 11) is 0. The van der Waals surface area contributed by atoms with Crippen molar-refractivity contribution in [1.82, 2.24) is 15.5 Å². The van der Waals surface area contributed by atoms with Gasteiger partial charge in [-0.2, -0.15) is 0 Å². The van der Waals surface area contributed by atoms with Crippen LogP contribution in [0.3, 0.4) is 0 Å². The maximum absolute atomic E-state index is 12.3. The molecule has 3 aliphatic rings. The third-order valence-corrected chi connectivity index (χ3v) is 5.85. The Bertz CT molecular complexity index is 356. The van der Waals surface area contributed by atoms with E-state index in [0.717, 1.165) is 37.4 Å². The number of hydrogen-bond acceptors (Lipinski definition) is 3. The highest BCUT2D eigenvalue weighted by Gasteiger charge is 2.42. The third-order valence-electron chi connectivity index (χ3n) is 5.85. The lowest BCUT2D eigenvalue weighted by Gasteiger charge is -2.37. The maximum Gasteiger partial charge on any atom is 0.234 e. The van der Waals surface area contributed by atoms with Gasteiger partial charge in [0.05, 0.1) is 6.54 Å². The molecule has 20 heavy (non-hydrogen) atoms. The smallest absolute Gasteiger partial charge is 0.234 e. The van der Waals surface area contributed by atoms with Gasteiger partial charge in [0.1, 0.15) is 0 Å². The molecule has 0 aromatic rings. The van der Waals surface area contributed by atoms with Gasteiger partial charge in [0.15, 0.2) is 0 Å². The summed E-state index contributed by atoms with van der Waals surface area (Å²) in [5.74, 6) is 2.79. The SMILES string of the molecule is CCN(CC(=O)NC(C)C1CC2CCC1C2)C1CNC1. The number of rotatable bonds is 6. The fourth-order valence-corrected chi connectivity index (χ4v) is 4.53. The molecule has 3 rings (SSSR count). The summed E-state index contributed by atoms with van der Waals surface area (Å²) in [6.45, 7) is 7.94. The van der Waals surface area contributed by atoms with Crippen molar-refractivity contribution in [1.29, 1.82) is 0 Å². The van der Waals surface area contributed by atoms with Crippen LogP contribution in [-0.4, -0.2) is 49.1 Å². The van der Waals surface area contributed by atoms with Gasteiger partial charge >= 0.3 is 0 Å². The minimum atomic E-state index is 0.217. The molecule has 1 aliphatic heterocycles. The molecule has 1 saturated heterocycles. The fraction of sp³-hybridized carbons (Fsp3) is 0.938. The Labute approximate surface area is 122 Å². The monoisotopic (exact) mass is 279 g/mol. The van der Waals surface area contributed by atoms with E-state index in [1.54, 1.807) is 0 Å². The molecule has 3 fully saturated rings. The third kappa shape index (κ3) is 2.86. The van der Waals surface area contributed by atoms with E-state index < -0.39 is 0 Å². The molecule has 4 heteroatoms. The number of hydrogen-bond donors (Lipinski definition) is 2. The van der Waals surface area contributed by atoms with E-state index in [4.69, 9.17) is 0 Å². The second kappa shape index (κ2) is 6.02. The molecule has 114 valence electrons. The summed E-state index contributed by atoms with van der Waals surface area (Å²) in [6.07, 6.45) is 5.58. The molecule has 0 radical (unpaired) electrons. The number of amides is 1. The molecule has 0 spiro atoms. The predicted octanol–water partition coefficient (Wildman–Crippen LogP) is 1.22. The number of carbonyl (C=O) groups excluding carboxylic acids is 1. The summed E-state index contributed by atoms with van der Waals surface area (Å²) in [4.78, 5) is 14.5. The van der Waals surface area contributed by atoms with E-state index in [1.807, 2.05) is 0 Å². The van der Waals surface area contributed by atoms with Crippen molar-refractivity contribution in [3.05, 3.63) is 0 Å². The zero-order valence-corrected chi connectivity index (χ0v) is 12.9. The molecule has 2 aliphatic carbocycles. The Morgan fingerprint density at radius 2 is 2.15 bits per heavy atom. The van der Waals surface area contributed by atoms with E-state index in [9.17, 15) is 4.79 Å². The van der Waals surface area contributed by atoms with Crippen molar-refractivity contribution in [2.24, 2.45) is 17.8 Å². The first-order valence-corrected chi connectivity index (χ1v) is 8.41. The second-order valence-electron chi connectivity index (χ2n) is 7.07. The first kappa shape index (κ1) is 14.3. The van der Waals surface area contributed by atoms with Crippen molar-refractivity contribution >= 4 is 5.91 Å². The van der Waals surface area contributed by atoms with E-state index >= 15 is 0 Å². The van der Waals surface area contributed by atoms with E-state index in [2.05, 4.69) is 29.4 Å². The first-order valence-electron chi connectivity index (χ1n) is 8.41. The Hall–Kier alpha value is -0.610. The molecule has 0 aromatic heterocycles. The molecule has 1 heterocycles. The summed E-state index contributed by atoms with van der Waals surface area (Å²) >= 11 is 0. The van der Waals surface area contributed by atoms with Gasteiger partial charge in [-0.05, 0) is 50.5 Å². The quantitative estimate of drug-likeness (QED) is 0.768. The molecule has 0 aromatic carbocycles. The largest absolute Gasteiger partial charge is 0.352 e. The summed E-state index contributed by atoms with van der Waals surface area (Å²) in [5, 5.41) is 6.55. The molecule has 4 nitrogen and oxygen atoms in total. The molecule has 4 atom stereocenters. The van der Waals surface area contributed by atoms with E-state index in [-0.39, 0.29) is 5.91 Å². The Balaban J connectivity index is 1.45. The average Bonchev–Trinajstić information content (AvgIpc) is 2.97. The van der Waals surface area contributed by atoms with Crippen LogP contribution >= 0.6 is 0 Å². The zero-order chi connectivity index (χ0) is 14.1. The first-order chi connectivity index (χ1) is 9.67. The van der Waals surface area contributed by atoms with Gasteiger partial charge in [0.2, 0.25) is 5.91 Å². The summed E-state index contributed by atoms with van der Waals surface area (Å²) in [5.41, 5.74) is 0. The topological polar surface area (TPSA) is 44.4 Å². The minimum Gasteiger partial charge on any atom is -0.352 e. The molecule has 1 amide bonds. The van der Waals surface area contributed by atoms with Gasteiger partial charge in [-0.3, -0.25) is 9.69 Å². The van der Waals surface area contributed by atoms with Crippen molar-refractivity contribution in [3.8, 4) is 0 Å². The highest BCUT2D eigenvalue weighted by Crippen LogP contribution is 2.49. The summed E-state index contributed by atoms with van der Waals surface area (Å²) < 4.78 is 0. The van der Waals surface area contributed by atoms with Gasteiger partial charge in [0, 0.05) is 25.2 Å².